The predicted molar refractivity (Wildman–Crippen MR) is 83.6 cm³/mol. The number of amides is 2. The maximum atomic E-state index is 12.3. The number of carbonyl (C=O) groups excluding carboxylic acids is 3. The van der Waals surface area contributed by atoms with Gasteiger partial charge < -0.3 is 25.0 Å². The third-order valence-corrected chi connectivity index (χ3v) is 3.24. The molecule has 0 aromatic rings. The van der Waals surface area contributed by atoms with Crippen LogP contribution in [0.2, 0.25) is 0 Å². The van der Waals surface area contributed by atoms with Gasteiger partial charge in [0.15, 0.2) is 0 Å². The van der Waals surface area contributed by atoms with E-state index < -0.39 is 17.6 Å². The highest BCUT2D eigenvalue weighted by Gasteiger charge is 2.29. The van der Waals surface area contributed by atoms with E-state index in [-0.39, 0.29) is 18.4 Å². The molecule has 1 saturated heterocycles. The molecule has 1 rings (SSSR count). The molecule has 0 aromatic carbocycles. The number of nitrogens with zero attached hydrogens (tertiary/aromatic N) is 2. The Morgan fingerprint density at radius 3 is 2.09 bits per heavy atom. The SMILES string of the molecule is CCOC(=O)N1CCN(C(=O)C(N)CC(=O)OC(C)(C)C)CC1. The van der Waals surface area contributed by atoms with Crippen LogP contribution >= 0.6 is 0 Å². The molecule has 0 saturated carbocycles. The second-order valence-electron chi connectivity index (χ2n) is 6.41. The average molecular weight is 329 g/mol. The summed E-state index contributed by atoms with van der Waals surface area (Å²) in [7, 11) is 0. The van der Waals surface area contributed by atoms with Crippen LogP contribution < -0.4 is 5.73 Å². The highest BCUT2D eigenvalue weighted by molar-refractivity contribution is 5.86. The van der Waals surface area contributed by atoms with Gasteiger partial charge in [0.25, 0.3) is 0 Å². The molecule has 132 valence electrons. The van der Waals surface area contributed by atoms with Gasteiger partial charge in [-0.05, 0) is 27.7 Å². The van der Waals surface area contributed by atoms with E-state index in [0.29, 0.717) is 32.8 Å². The zero-order valence-corrected chi connectivity index (χ0v) is 14.3. The number of ether oxygens (including phenoxy) is 2. The first-order chi connectivity index (χ1) is 10.6. The lowest BCUT2D eigenvalue weighted by molar-refractivity contribution is -0.157. The van der Waals surface area contributed by atoms with E-state index in [1.807, 2.05) is 0 Å². The normalized spacial score (nSPS) is 16.7. The van der Waals surface area contributed by atoms with Gasteiger partial charge in [-0.3, -0.25) is 9.59 Å². The van der Waals surface area contributed by atoms with Crippen molar-refractivity contribution in [3.63, 3.8) is 0 Å². The fraction of sp³-hybridized carbons (Fsp3) is 0.800. The van der Waals surface area contributed by atoms with E-state index in [9.17, 15) is 14.4 Å². The second kappa shape index (κ2) is 8.14. The highest BCUT2D eigenvalue weighted by atomic mass is 16.6. The Morgan fingerprint density at radius 1 is 1.09 bits per heavy atom. The van der Waals surface area contributed by atoms with Gasteiger partial charge in [-0.2, -0.15) is 0 Å². The van der Waals surface area contributed by atoms with Crippen LogP contribution in [0.1, 0.15) is 34.1 Å². The van der Waals surface area contributed by atoms with Crippen molar-refractivity contribution in [3.05, 3.63) is 0 Å². The van der Waals surface area contributed by atoms with Crippen molar-refractivity contribution in [2.45, 2.75) is 45.8 Å². The molecule has 1 aliphatic rings. The van der Waals surface area contributed by atoms with Gasteiger partial charge in [0, 0.05) is 26.2 Å². The molecular weight excluding hydrogens is 302 g/mol. The number of esters is 1. The topological polar surface area (TPSA) is 102 Å². The van der Waals surface area contributed by atoms with Crippen molar-refractivity contribution in [2.75, 3.05) is 32.8 Å². The molecule has 1 unspecified atom stereocenters. The fourth-order valence-electron chi connectivity index (χ4n) is 2.21. The minimum atomic E-state index is -0.931. The van der Waals surface area contributed by atoms with Crippen LogP contribution in [0.5, 0.6) is 0 Å². The molecule has 1 aliphatic heterocycles. The van der Waals surface area contributed by atoms with E-state index in [1.165, 1.54) is 0 Å². The summed E-state index contributed by atoms with van der Waals surface area (Å²) in [5.41, 5.74) is 5.21. The quantitative estimate of drug-likeness (QED) is 0.747. The van der Waals surface area contributed by atoms with Crippen molar-refractivity contribution in [3.8, 4) is 0 Å². The summed E-state index contributed by atoms with van der Waals surface area (Å²) >= 11 is 0. The van der Waals surface area contributed by atoms with Crippen LogP contribution in [0.15, 0.2) is 0 Å². The van der Waals surface area contributed by atoms with Crippen LogP contribution in [0, 0.1) is 0 Å². The van der Waals surface area contributed by atoms with Crippen molar-refractivity contribution in [1.82, 2.24) is 9.80 Å². The van der Waals surface area contributed by atoms with Gasteiger partial charge in [-0.25, -0.2) is 4.79 Å². The van der Waals surface area contributed by atoms with E-state index in [0.717, 1.165) is 0 Å². The van der Waals surface area contributed by atoms with E-state index in [2.05, 4.69) is 0 Å². The molecule has 0 aliphatic carbocycles. The smallest absolute Gasteiger partial charge is 0.409 e. The Labute approximate surface area is 136 Å². The first-order valence-corrected chi connectivity index (χ1v) is 7.82. The minimum Gasteiger partial charge on any atom is -0.460 e. The number of nitrogens with two attached hydrogens (primary N) is 1. The average Bonchev–Trinajstić information content (AvgIpc) is 2.44. The molecule has 2 N–H and O–H groups in total. The first-order valence-electron chi connectivity index (χ1n) is 7.82. The van der Waals surface area contributed by atoms with E-state index in [4.69, 9.17) is 15.2 Å². The van der Waals surface area contributed by atoms with Gasteiger partial charge in [0.1, 0.15) is 5.60 Å². The zero-order chi connectivity index (χ0) is 17.6. The summed E-state index contributed by atoms with van der Waals surface area (Å²) in [6, 6.07) is -0.931. The number of rotatable bonds is 4. The number of piperazine rings is 1. The Balaban J connectivity index is 2.44. The molecule has 1 atom stereocenters. The van der Waals surface area contributed by atoms with Crippen LogP contribution in [0.3, 0.4) is 0 Å². The lowest BCUT2D eigenvalue weighted by Gasteiger charge is -2.35. The van der Waals surface area contributed by atoms with Crippen LogP contribution in [-0.4, -0.2) is 72.2 Å². The van der Waals surface area contributed by atoms with Crippen molar-refractivity contribution < 1.29 is 23.9 Å². The lowest BCUT2D eigenvalue weighted by Crippen LogP contribution is -2.54. The maximum Gasteiger partial charge on any atom is 0.409 e. The summed E-state index contributed by atoms with van der Waals surface area (Å²) in [4.78, 5) is 38.7. The third-order valence-electron chi connectivity index (χ3n) is 3.24. The standard InChI is InChI=1S/C15H27N3O5/c1-5-22-14(21)18-8-6-17(7-9-18)13(20)11(16)10-12(19)23-15(2,3)4/h11H,5-10,16H2,1-4H3. The van der Waals surface area contributed by atoms with Gasteiger partial charge in [-0.15, -0.1) is 0 Å². The van der Waals surface area contributed by atoms with Crippen molar-refractivity contribution in [1.29, 1.82) is 0 Å². The fourth-order valence-corrected chi connectivity index (χ4v) is 2.21. The Bertz CT molecular complexity index is 439. The molecule has 0 aromatic heterocycles. The van der Waals surface area contributed by atoms with Crippen LogP contribution in [-0.2, 0) is 19.1 Å². The number of carbonyl (C=O) groups is 3. The Morgan fingerprint density at radius 2 is 1.61 bits per heavy atom. The zero-order valence-electron chi connectivity index (χ0n) is 14.3. The Hall–Kier alpha value is -1.83. The second-order valence-corrected chi connectivity index (χ2v) is 6.41. The molecule has 0 radical (unpaired) electrons. The van der Waals surface area contributed by atoms with Gasteiger partial charge in [0.05, 0.1) is 19.1 Å². The molecule has 1 fully saturated rings. The largest absolute Gasteiger partial charge is 0.460 e. The lowest BCUT2D eigenvalue weighted by atomic mass is 10.1. The molecule has 0 spiro atoms. The Kier molecular flexibility index (Phi) is 6.80. The summed E-state index contributed by atoms with van der Waals surface area (Å²) < 4.78 is 10.1. The van der Waals surface area contributed by atoms with Gasteiger partial charge >= 0.3 is 12.1 Å². The van der Waals surface area contributed by atoms with E-state index in [1.54, 1.807) is 37.5 Å². The van der Waals surface area contributed by atoms with Gasteiger partial charge in [0.2, 0.25) is 5.91 Å². The summed E-state index contributed by atoms with van der Waals surface area (Å²) in [5, 5.41) is 0. The molecular formula is C15H27N3O5. The van der Waals surface area contributed by atoms with Crippen LogP contribution in [0.25, 0.3) is 0 Å². The van der Waals surface area contributed by atoms with Crippen molar-refractivity contribution in [2.24, 2.45) is 5.73 Å². The van der Waals surface area contributed by atoms with Crippen molar-refractivity contribution >= 4 is 18.0 Å². The molecule has 8 heteroatoms. The number of hydrogen-bond donors (Lipinski definition) is 1. The molecule has 1 heterocycles. The monoisotopic (exact) mass is 329 g/mol. The maximum absolute atomic E-state index is 12.3. The third kappa shape index (κ3) is 6.43. The summed E-state index contributed by atoms with van der Waals surface area (Å²) in [6.07, 6.45) is -0.536. The van der Waals surface area contributed by atoms with Crippen LogP contribution in [0.4, 0.5) is 4.79 Å². The molecule has 2 amide bonds. The molecule has 8 nitrogen and oxygen atoms in total. The highest BCUT2D eigenvalue weighted by Crippen LogP contribution is 2.11. The molecule has 0 bridgehead atoms. The minimum absolute atomic E-state index is 0.159. The first kappa shape index (κ1) is 19.2. The summed E-state index contributed by atoms with van der Waals surface area (Å²) in [6.45, 7) is 8.87. The number of hydrogen-bond acceptors (Lipinski definition) is 6. The van der Waals surface area contributed by atoms with E-state index >= 15 is 0 Å². The summed E-state index contributed by atoms with van der Waals surface area (Å²) in [5.74, 6) is -0.803. The molecule has 23 heavy (non-hydrogen) atoms. The van der Waals surface area contributed by atoms with Gasteiger partial charge in [-0.1, -0.05) is 0 Å². The predicted octanol–water partition coefficient (Wildman–Crippen LogP) is 0.346.